The molecular weight excluding hydrogens is 232 g/mol. The molecule has 1 N–H and O–H groups in total. The normalized spacial score (nSPS) is 10.2. The van der Waals surface area contributed by atoms with Gasteiger partial charge in [-0.1, -0.05) is 6.07 Å². The largest absolute Gasteiger partial charge is 0.370 e. The highest BCUT2D eigenvalue weighted by molar-refractivity contribution is 7.09. The Morgan fingerprint density at radius 2 is 2.24 bits per heavy atom. The minimum Gasteiger partial charge on any atom is -0.370 e. The number of nitrogens with zero attached hydrogens (tertiary/aromatic N) is 3. The Balaban J connectivity index is 1.88. The number of aromatic nitrogens is 2. The summed E-state index contributed by atoms with van der Waals surface area (Å²) in [5.74, 6) is 1.79. The van der Waals surface area contributed by atoms with Gasteiger partial charge in [0.15, 0.2) is 0 Å². The van der Waals surface area contributed by atoms with Crippen molar-refractivity contribution < 1.29 is 0 Å². The number of rotatable bonds is 5. The van der Waals surface area contributed by atoms with Crippen LogP contribution in [0, 0.1) is 0 Å². The molecule has 0 spiro atoms. The maximum absolute atomic E-state index is 4.20. The first-order valence-electron chi connectivity index (χ1n) is 5.51. The van der Waals surface area contributed by atoms with Crippen LogP contribution in [0.4, 0.5) is 11.6 Å². The molecule has 0 aliphatic heterocycles. The van der Waals surface area contributed by atoms with Crippen LogP contribution in [0.5, 0.6) is 0 Å². The second kappa shape index (κ2) is 5.63. The van der Waals surface area contributed by atoms with Crippen molar-refractivity contribution in [2.45, 2.75) is 6.42 Å². The van der Waals surface area contributed by atoms with Crippen molar-refractivity contribution in [3.63, 3.8) is 0 Å². The average molecular weight is 248 g/mol. The van der Waals surface area contributed by atoms with Crippen molar-refractivity contribution in [3.8, 4) is 0 Å². The molecule has 0 aromatic carbocycles. The van der Waals surface area contributed by atoms with E-state index >= 15 is 0 Å². The van der Waals surface area contributed by atoms with Crippen LogP contribution in [0.2, 0.25) is 0 Å². The third kappa shape index (κ3) is 3.42. The molecule has 2 heterocycles. The fraction of sp³-hybridized carbons (Fsp3) is 0.333. The van der Waals surface area contributed by atoms with Gasteiger partial charge in [-0.15, -0.1) is 11.3 Å². The third-order valence-electron chi connectivity index (χ3n) is 2.37. The lowest BCUT2D eigenvalue weighted by Gasteiger charge is -2.12. The standard InChI is InChI=1S/C12H16N4S/c1-16(2)12-8-11(14-9-15-12)13-6-5-10-4-3-7-17-10/h3-4,7-9H,5-6H2,1-2H3,(H,13,14,15). The summed E-state index contributed by atoms with van der Waals surface area (Å²) < 4.78 is 0. The summed E-state index contributed by atoms with van der Waals surface area (Å²) in [6.45, 7) is 0.893. The summed E-state index contributed by atoms with van der Waals surface area (Å²) in [5.41, 5.74) is 0. The molecule has 0 bridgehead atoms. The van der Waals surface area contributed by atoms with Crippen molar-refractivity contribution >= 4 is 23.0 Å². The summed E-state index contributed by atoms with van der Waals surface area (Å²) in [6.07, 6.45) is 2.61. The van der Waals surface area contributed by atoms with Crippen molar-refractivity contribution in [3.05, 3.63) is 34.8 Å². The summed E-state index contributed by atoms with van der Waals surface area (Å²) in [7, 11) is 3.94. The van der Waals surface area contributed by atoms with E-state index in [1.165, 1.54) is 4.88 Å². The van der Waals surface area contributed by atoms with Gasteiger partial charge in [0.2, 0.25) is 0 Å². The molecule has 0 aliphatic carbocycles. The van der Waals surface area contributed by atoms with Crippen LogP contribution in [-0.4, -0.2) is 30.6 Å². The Bertz CT molecular complexity index is 453. The van der Waals surface area contributed by atoms with E-state index < -0.39 is 0 Å². The van der Waals surface area contributed by atoms with Crippen LogP contribution in [0.1, 0.15) is 4.88 Å². The molecular formula is C12H16N4S. The highest BCUT2D eigenvalue weighted by Crippen LogP contribution is 2.12. The fourth-order valence-electron chi connectivity index (χ4n) is 1.46. The molecule has 0 radical (unpaired) electrons. The van der Waals surface area contributed by atoms with Gasteiger partial charge in [0, 0.05) is 31.6 Å². The number of anilines is 2. The molecule has 4 nitrogen and oxygen atoms in total. The number of thiophene rings is 1. The molecule has 2 rings (SSSR count). The first-order chi connectivity index (χ1) is 8.25. The zero-order valence-electron chi connectivity index (χ0n) is 10.1. The van der Waals surface area contributed by atoms with Crippen molar-refractivity contribution in [2.24, 2.45) is 0 Å². The highest BCUT2D eigenvalue weighted by Gasteiger charge is 2.00. The van der Waals surface area contributed by atoms with Crippen molar-refractivity contribution in [1.82, 2.24) is 9.97 Å². The van der Waals surface area contributed by atoms with Crippen molar-refractivity contribution in [2.75, 3.05) is 30.9 Å². The minimum absolute atomic E-state index is 0.875. The minimum atomic E-state index is 0.875. The summed E-state index contributed by atoms with van der Waals surface area (Å²) in [4.78, 5) is 11.7. The molecule has 5 heteroatoms. The second-order valence-corrected chi connectivity index (χ2v) is 4.94. The van der Waals surface area contributed by atoms with Gasteiger partial charge in [-0.05, 0) is 17.9 Å². The molecule has 2 aromatic heterocycles. The average Bonchev–Trinajstić information content (AvgIpc) is 2.82. The van der Waals surface area contributed by atoms with E-state index in [1.807, 2.05) is 25.1 Å². The summed E-state index contributed by atoms with van der Waals surface area (Å²) in [5, 5.41) is 5.41. The zero-order valence-corrected chi connectivity index (χ0v) is 10.9. The number of hydrogen-bond acceptors (Lipinski definition) is 5. The number of nitrogens with one attached hydrogen (secondary N) is 1. The predicted molar refractivity (Wildman–Crippen MR) is 72.9 cm³/mol. The molecule has 2 aromatic rings. The lowest BCUT2D eigenvalue weighted by molar-refractivity contribution is 0.999. The van der Waals surface area contributed by atoms with Crippen LogP contribution < -0.4 is 10.2 Å². The first-order valence-corrected chi connectivity index (χ1v) is 6.39. The second-order valence-electron chi connectivity index (χ2n) is 3.91. The Hall–Kier alpha value is -1.62. The van der Waals surface area contributed by atoms with Crippen LogP contribution in [-0.2, 0) is 6.42 Å². The maximum atomic E-state index is 4.20. The predicted octanol–water partition coefficient (Wildman–Crippen LogP) is 2.26. The van der Waals surface area contributed by atoms with Gasteiger partial charge in [0.25, 0.3) is 0 Å². The van der Waals surface area contributed by atoms with E-state index in [9.17, 15) is 0 Å². The smallest absolute Gasteiger partial charge is 0.133 e. The van der Waals surface area contributed by atoms with Gasteiger partial charge in [0.1, 0.15) is 18.0 Å². The van der Waals surface area contributed by atoms with E-state index in [4.69, 9.17) is 0 Å². The van der Waals surface area contributed by atoms with Gasteiger partial charge in [-0.3, -0.25) is 0 Å². The number of hydrogen-bond donors (Lipinski definition) is 1. The van der Waals surface area contributed by atoms with E-state index in [-0.39, 0.29) is 0 Å². The van der Waals surface area contributed by atoms with Crippen molar-refractivity contribution in [1.29, 1.82) is 0 Å². The lowest BCUT2D eigenvalue weighted by Crippen LogP contribution is -2.12. The van der Waals surface area contributed by atoms with E-state index in [0.717, 1.165) is 24.6 Å². The maximum Gasteiger partial charge on any atom is 0.133 e. The summed E-state index contributed by atoms with van der Waals surface area (Å²) >= 11 is 1.79. The van der Waals surface area contributed by atoms with Gasteiger partial charge in [-0.25, -0.2) is 9.97 Å². The first kappa shape index (κ1) is 11.9. The van der Waals surface area contributed by atoms with Crippen LogP contribution in [0.3, 0.4) is 0 Å². The SMILES string of the molecule is CN(C)c1cc(NCCc2cccs2)ncn1. The lowest BCUT2D eigenvalue weighted by atomic mass is 10.3. The Kier molecular flexibility index (Phi) is 3.93. The molecule has 17 heavy (non-hydrogen) atoms. The van der Waals surface area contributed by atoms with Crippen LogP contribution in [0.15, 0.2) is 29.9 Å². The van der Waals surface area contributed by atoms with Crippen LogP contribution >= 0.6 is 11.3 Å². The highest BCUT2D eigenvalue weighted by atomic mass is 32.1. The quantitative estimate of drug-likeness (QED) is 0.881. The Labute approximate surface area is 105 Å². The van der Waals surface area contributed by atoms with Crippen LogP contribution in [0.25, 0.3) is 0 Å². The monoisotopic (exact) mass is 248 g/mol. The van der Waals surface area contributed by atoms with E-state index in [1.54, 1.807) is 17.7 Å². The molecule has 0 saturated carbocycles. The van der Waals surface area contributed by atoms with E-state index in [2.05, 4.69) is 32.8 Å². The molecule has 0 amide bonds. The molecule has 0 saturated heterocycles. The molecule has 0 aliphatic rings. The van der Waals surface area contributed by atoms with E-state index in [0.29, 0.717) is 0 Å². The molecule has 0 fully saturated rings. The van der Waals surface area contributed by atoms with Gasteiger partial charge in [-0.2, -0.15) is 0 Å². The van der Waals surface area contributed by atoms with Gasteiger partial charge >= 0.3 is 0 Å². The zero-order chi connectivity index (χ0) is 12.1. The molecule has 90 valence electrons. The topological polar surface area (TPSA) is 41.0 Å². The van der Waals surface area contributed by atoms with Gasteiger partial charge < -0.3 is 10.2 Å². The Morgan fingerprint density at radius 3 is 2.94 bits per heavy atom. The van der Waals surface area contributed by atoms with Gasteiger partial charge in [0.05, 0.1) is 0 Å². The third-order valence-corrected chi connectivity index (χ3v) is 3.30. The molecule has 0 unspecified atom stereocenters. The fourth-order valence-corrected chi connectivity index (χ4v) is 2.17. The Morgan fingerprint density at radius 1 is 1.35 bits per heavy atom. The summed E-state index contributed by atoms with van der Waals surface area (Å²) in [6, 6.07) is 6.18. The molecule has 0 atom stereocenters.